The fraction of sp³-hybridized carbons (Fsp3) is 0.385. The number of nitrogens with two attached hydrogens (primary N) is 1. The van der Waals surface area contributed by atoms with E-state index >= 15 is 0 Å². The molecule has 2 aromatic rings. The molecule has 0 aliphatic rings. The summed E-state index contributed by atoms with van der Waals surface area (Å²) in [5.41, 5.74) is 9.45. The van der Waals surface area contributed by atoms with Crippen LogP contribution in [-0.2, 0) is 13.5 Å². The maximum atomic E-state index is 12.1. The highest BCUT2D eigenvalue weighted by atomic mass is 16.1. The van der Waals surface area contributed by atoms with Crippen LogP contribution >= 0.6 is 0 Å². The van der Waals surface area contributed by atoms with Crippen LogP contribution in [0.2, 0.25) is 0 Å². The SMILES string of the molecule is Bc1cc(C(=O)NCCCCc2c[nH]c(N)n2)n(C)c1B. The number of hydrogen-bond donors (Lipinski definition) is 3. The van der Waals surface area contributed by atoms with Gasteiger partial charge < -0.3 is 20.6 Å². The summed E-state index contributed by atoms with van der Waals surface area (Å²) in [6, 6.07) is 1.93. The molecule has 2 heterocycles. The topological polar surface area (TPSA) is 88.7 Å². The third-order valence-electron chi connectivity index (χ3n) is 3.82. The van der Waals surface area contributed by atoms with Crippen molar-refractivity contribution in [3.63, 3.8) is 0 Å². The quantitative estimate of drug-likeness (QED) is 0.408. The monoisotopic (exact) mass is 285 g/mol. The highest BCUT2D eigenvalue weighted by Crippen LogP contribution is 2.03. The van der Waals surface area contributed by atoms with E-state index in [-0.39, 0.29) is 5.91 Å². The highest BCUT2D eigenvalue weighted by molar-refractivity contribution is 6.48. The van der Waals surface area contributed by atoms with Crippen LogP contribution in [0.4, 0.5) is 5.95 Å². The molecule has 0 aliphatic heterocycles. The number of H-pyrrole nitrogens is 1. The molecule has 0 saturated heterocycles. The summed E-state index contributed by atoms with van der Waals surface area (Å²) < 4.78 is 1.93. The zero-order chi connectivity index (χ0) is 15.4. The summed E-state index contributed by atoms with van der Waals surface area (Å²) in [7, 11) is 5.95. The predicted molar refractivity (Wildman–Crippen MR) is 90.0 cm³/mol. The summed E-state index contributed by atoms with van der Waals surface area (Å²) in [5.74, 6) is 0.436. The Bertz CT molecular complexity index is 635. The van der Waals surface area contributed by atoms with Gasteiger partial charge in [0.2, 0.25) is 0 Å². The van der Waals surface area contributed by atoms with Gasteiger partial charge in [-0.1, -0.05) is 5.46 Å². The maximum absolute atomic E-state index is 12.1. The van der Waals surface area contributed by atoms with Crippen molar-refractivity contribution < 1.29 is 4.79 Å². The van der Waals surface area contributed by atoms with Gasteiger partial charge in [-0.25, -0.2) is 4.98 Å². The maximum Gasteiger partial charge on any atom is 0.267 e. The lowest BCUT2D eigenvalue weighted by Gasteiger charge is -2.07. The van der Waals surface area contributed by atoms with Crippen LogP contribution in [0, 0.1) is 0 Å². The van der Waals surface area contributed by atoms with E-state index in [2.05, 4.69) is 15.3 Å². The molecule has 0 saturated carbocycles. The number of nitrogens with zero attached hydrogens (tertiary/aromatic N) is 2. The largest absolute Gasteiger partial charge is 0.369 e. The molecule has 0 aromatic carbocycles. The van der Waals surface area contributed by atoms with Crippen LogP contribution in [0.1, 0.15) is 29.0 Å². The van der Waals surface area contributed by atoms with Gasteiger partial charge in [-0.05, 0) is 30.9 Å². The van der Waals surface area contributed by atoms with Crippen LogP contribution in [0.3, 0.4) is 0 Å². The second kappa shape index (κ2) is 6.56. The Balaban J connectivity index is 1.73. The zero-order valence-electron chi connectivity index (χ0n) is 12.9. The van der Waals surface area contributed by atoms with Crippen molar-refractivity contribution in [2.24, 2.45) is 7.05 Å². The summed E-state index contributed by atoms with van der Waals surface area (Å²) >= 11 is 0. The average Bonchev–Trinajstić information content (AvgIpc) is 2.97. The first-order chi connectivity index (χ1) is 9.99. The third kappa shape index (κ3) is 3.71. The van der Waals surface area contributed by atoms with Gasteiger partial charge in [0.15, 0.2) is 13.8 Å². The molecular formula is C13H21B2N5O. The number of imidazole rings is 1. The number of amides is 1. The Hall–Kier alpha value is -2.11. The zero-order valence-corrected chi connectivity index (χ0v) is 12.9. The number of nitrogens with one attached hydrogen (secondary N) is 2. The van der Waals surface area contributed by atoms with Gasteiger partial charge in [-0.15, -0.1) is 0 Å². The number of nitrogen functional groups attached to an aromatic ring is 1. The summed E-state index contributed by atoms with van der Waals surface area (Å²) in [6.45, 7) is 0.669. The lowest BCUT2D eigenvalue weighted by Crippen LogP contribution is -2.30. The first-order valence-corrected chi connectivity index (χ1v) is 7.20. The Morgan fingerprint density at radius 2 is 2.24 bits per heavy atom. The van der Waals surface area contributed by atoms with Crippen LogP contribution in [-0.4, -0.2) is 42.7 Å². The van der Waals surface area contributed by atoms with Crippen molar-refractivity contribution in [3.05, 3.63) is 23.7 Å². The Labute approximate surface area is 126 Å². The molecule has 1 amide bonds. The molecule has 110 valence electrons. The van der Waals surface area contributed by atoms with Crippen molar-refractivity contribution in [2.45, 2.75) is 19.3 Å². The normalized spacial score (nSPS) is 10.7. The molecule has 2 rings (SSSR count). The highest BCUT2D eigenvalue weighted by Gasteiger charge is 2.12. The van der Waals surface area contributed by atoms with Crippen molar-refractivity contribution in [1.82, 2.24) is 19.9 Å². The standard InChI is InChI=1S/C13H21B2N5O/c1-20-10(6-9(14)11(20)15)12(21)17-5-3-2-4-8-7-18-13(16)19-8/h6-7H,2-5,14-15H2,1H3,(H,17,21)(H3,16,18,19). The minimum atomic E-state index is -0.0160. The van der Waals surface area contributed by atoms with Gasteiger partial charge in [-0.3, -0.25) is 4.79 Å². The first kappa shape index (κ1) is 15.3. The van der Waals surface area contributed by atoms with Crippen LogP contribution in [0.25, 0.3) is 0 Å². The molecule has 6 nitrogen and oxygen atoms in total. The molecule has 0 unspecified atom stereocenters. The smallest absolute Gasteiger partial charge is 0.267 e. The van der Waals surface area contributed by atoms with Crippen molar-refractivity contribution in [1.29, 1.82) is 0 Å². The Morgan fingerprint density at radius 1 is 1.48 bits per heavy atom. The van der Waals surface area contributed by atoms with Crippen LogP contribution < -0.4 is 22.1 Å². The third-order valence-corrected chi connectivity index (χ3v) is 3.82. The second-order valence-corrected chi connectivity index (χ2v) is 5.35. The predicted octanol–water partition coefficient (Wildman–Crippen LogP) is -2.40. The van der Waals surface area contributed by atoms with Gasteiger partial charge in [-0.2, -0.15) is 0 Å². The number of unbranched alkanes of at least 4 members (excludes halogenated alkanes) is 1. The summed E-state index contributed by atoms with van der Waals surface area (Å²) in [6.07, 6.45) is 4.58. The fourth-order valence-electron chi connectivity index (χ4n) is 2.30. The molecule has 0 atom stereocenters. The van der Waals surface area contributed by atoms with Crippen LogP contribution in [0.15, 0.2) is 12.3 Å². The van der Waals surface area contributed by atoms with Gasteiger partial charge in [0.05, 0.1) is 5.69 Å². The number of aromatic nitrogens is 3. The number of hydrogen-bond acceptors (Lipinski definition) is 3. The Kier molecular flexibility index (Phi) is 4.77. The molecule has 21 heavy (non-hydrogen) atoms. The van der Waals surface area contributed by atoms with E-state index in [1.54, 1.807) is 0 Å². The average molecular weight is 285 g/mol. The van der Waals surface area contributed by atoms with Crippen molar-refractivity contribution >= 4 is 38.6 Å². The summed E-state index contributed by atoms with van der Waals surface area (Å²) in [4.78, 5) is 19.1. The molecule has 2 aromatic heterocycles. The molecule has 0 aliphatic carbocycles. The molecular weight excluding hydrogens is 264 g/mol. The fourth-order valence-corrected chi connectivity index (χ4v) is 2.30. The Morgan fingerprint density at radius 3 is 2.81 bits per heavy atom. The van der Waals surface area contributed by atoms with E-state index in [9.17, 15) is 4.79 Å². The van der Waals surface area contributed by atoms with E-state index < -0.39 is 0 Å². The van der Waals surface area contributed by atoms with Gasteiger partial charge in [0.25, 0.3) is 5.91 Å². The lowest BCUT2D eigenvalue weighted by molar-refractivity contribution is 0.0945. The number of anilines is 1. The van der Waals surface area contributed by atoms with Crippen LogP contribution in [0.5, 0.6) is 0 Å². The number of aromatic amines is 1. The number of carbonyl (C=O) groups is 1. The van der Waals surface area contributed by atoms with Gasteiger partial charge >= 0.3 is 0 Å². The van der Waals surface area contributed by atoms with E-state index in [4.69, 9.17) is 5.73 Å². The van der Waals surface area contributed by atoms with E-state index in [0.29, 0.717) is 18.2 Å². The second-order valence-electron chi connectivity index (χ2n) is 5.35. The van der Waals surface area contributed by atoms with Crippen molar-refractivity contribution in [2.75, 3.05) is 12.3 Å². The molecule has 8 heteroatoms. The molecule has 0 spiro atoms. The molecule has 0 bridgehead atoms. The van der Waals surface area contributed by atoms with E-state index in [1.807, 2.05) is 39.6 Å². The minimum absolute atomic E-state index is 0.0160. The van der Waals surface area contributed by atoms with E-state index in [1.165, 1.54) is 0 Å². The van der Waals surface area contributed by atoms with Gasteiger partial charge in [0.1, 0.15) is 13.5 Å². The van der Waals surface area contributed by atoms with Crippen molar-refractivity contribution in [3.8, 4) is 0 Å². The first-order valence-electron chi connectivity index (χ1n) is 7.20. The molecule has 0 fully saturated rings. The number of carbonyl (C=O) groups excluding carboxylic acids is 1. The molecule has 0 radical (unpaired) electrons. The lowest BCUT2D eigenvalue weighted by atomic mass is 9.87. The van der Waals surface area contributed by atoms with E-state index in [0.717, 1.165) is 36.0 Å². The number of rotatable bonds is 6. The molecule has 4 N–H and O–H groups in total. The van der Waals surface area contributed by atoms with Gasteiger partial charge in [0, 0.05) is 19.8 Å². The summed E-state index contributed by atoms with van der Waals surface area (Å²) in [5, 5.41) is 2.96. The number of aryl methyl sites for hydroxylation is 1. The minimum Gasteiger partial charge on any atom is -0.369 e.